The van der Waals surface area contributed by atoms with E-state index in [0.29, 0.717) is 0 Å². The minimum absolute atomic E-state index is 0.00171. The van der Waals surface area contributed by atoms with Crippen LogP contribution in [0.15, 0.2) is 16.5 Å². The lowest BCUT2D eigenvalue weighted by Gasteiger charge is -1.82. The van der Waals surface area contributed by atoms with Crippen LogP contribution >= 0.6 is 0 Å². The van der Waals surface area contributed by atoms with Crippen molar-refractivity contribution in [3.8, 4) is 5.95 Å². The van der Waals surface area contributed by atoms with Crippen LogP contribution in [0, 0.1) is 0 Å². The molecule has 1 rings (SSSR count). The zero-order valence-corrected chi connectivity index (χ0v) is 4.72. The molecule has 8 heavy (non-hydrogen) atoms. The molecule has 0 atom stereocenters. The molecule has 0 aliphatic heterocycles. The second kappa shape index (κ2) is 1.90. The summed E-state index contributed by atoms with van der Waals surface area (Å²) in [5.74, 6) is 0.823. The molecule has 1 heterocycles. The quantitative estimate of drug-likeness (QED) is 0.597. The van der Waals surface area contributed by atoms with Gasteiger partial charge in [0.05, 0.1) is 0 Å². The summed E-state index contributed by atoms with van der Waals surface area (Å²) < 4.78 is 4.79. The molecule has 0 fully saturated rings. The highest BCUT2D eigenvalue weighted by Crippen LogP contribution is 2.12. The molecule has 1 aromatic rings. The molecule has 0 spiro atoms. The number of aromatic hydroxyl groups is 1. The fourth-order valence-corrected chi connectivity index (χ4v) is 0.557. The highest BCUT2D eigenvalue weighted by molar-refractivity contribution is 5.09. The SMILES string of the molecule is CCc1ccc(O)o1. The Morgan fingerprint density at radius 1 is 1.62 bits per heavy atom. The van der Waals surface area contributed by atoms with Crippen LogP contribution in [0.1, 0.15) is 12.7 Å². The zero-order valence-electron chi connectivity index (χ0n) is 4.72. The Labute approximate surface area is 47.7 Å². The van der Waals surface area contributed by atoms with Gasteiger partial charge in [0.1, 0.15) is 5.76 Å². The first-order valence-corrected chi connectivity index (χ1v) is 2.60. The van der Waals surface area contributed by atoms with Crippen LogP contribution in [-0.4, -0.2) is 5.11 Å². The molecule has 0 aliphatic carbocycles. The molecule has 0 radical (unpaired) electrons. The summed E-state index contributed by atoms with van der Waals surface area (Å²) in [6.07, 6.45) is 0.834. The first kappa shape index (κ1) is 5.22. The molecular weight excluding hydrogens is 104 g/mol. The molecule has 0 aromatic carbocycles. The van der Waals surface area contributed by atoms with Gasteiger partial charge in [-0.2, -0.15) is 0 Å². The molecule has 0 aliphatic rings. The van der Waals surface area contributed by atoms with Crippen molar-refractivity contribution in [1.82, 2.24) is 0 Å². The molecule has 2 heteroatoms. The molecule has 0 saturated carbocycles. The highest BCUT2D eigenvalue weighted by Gasteiger charge is 1.93. The molecule has 0 unspecified atom stereocenters. The van der Waals surface area contributed by atoms with Crippen molar-refractivity contribution in [2.45, 2.75) is 13.3 Å². The van der Waals surface area contributed by atoms with E-state index < -0.39 is 0 Å². The number of rotatable bonds is 1. The topological polar surface area (TPSA) is 33.4 Å². The largest absolute Gasteiger partial charge is 0.481 e. The third kappa shape index (κ3) is 0.832. The van der Waals surface area contributed by atoms with E-state index in [0.717, 1.165) is 12.2 Å². The Bertz CT molecular complexity index is 167. The molecule has 1 N–H and O–H groups in total. The Hall–Kier alpha value is -0.920. The lowest BCUT2D eigenvalue weighted by atomic mass is 10.4. The molecule has 2 nitrogen and oxygen atoms in total. The van der Waals surface area contributed by atoms with Gasteiger partial charge in [-0.25, -0.2) is 0 Å². The first-order valence-electron chi connectivity index (χ1n) is 2.60. The van der Waals surface area contributed by atoms with Crippen molar-refractivity contribution in [2.75, 3.05) is 0 Å². The van der Waals surface area contributed by atoms with E-state index in [1.54, 1.807) is 12.1 Å². The third-order valence-corrected chi connectivity index (χ3v) is 0.996. The van der Waals surface area contributed by atoms with Gasteiger partial charge in [-0.1, -0.05) is 6.92 Å². The Balaban J connectivity index is 2.84. The van der Waals surface area contributed by atoms with Crippen LogP contribution in [0.2, 0.25) is 0 Å². The van der Waals surface area contributed by atoms with Crippen molar-refractivity contribution in [3.05, 3.63) is 17.9 Å². The molecule has 1 aromatic heterocycles. The lowest BCUT2D eigenvalue weighted by molar-refractivity contribution is 0.320. The molecule has 0 saturated heterocycles. The van der Waals surface area contributed by atoms with Gasteiger partial charge in [0, 0.05) is 12.5 Å². The Morgan fingerprint density at radius 3 is 2.62 bits per heavy atom. The minimum Gasteiger partial charge on any atom is -0.481 e. The van der Waals surface area contributed by atoms with Crippen molar-refractivity contribution in [2.24, 2.45) is 0 Å². The fraction of sp³-hybridized carbons (Fsp3) is 0.333. The van der Waals surface area contributed by atoms with Crippen molar-refractivity contribution in [3.63, 3.8) is 0 Å². The standard InChI is InChI=1S/C6H8O2/c1-2-5-3-4-6(7)8-5/h3-4,7H,2H2,1H3. The van der Waals surface area contributed by atoms with E-state index in [1.165, 1.54) is 0 Å². The van der Waals surface area contributed by atoms with Gasteiger partial charge in [0.15, 0.2) is 0 Å². The zero-order chi connectivity index (χ0) is 5.98. The molecule has 0 amide bonds. The summed E-state index contributed by atoms with van der Waals surface area (Å²) in [5, 5.41) is 8.62. The summed E-state index contributed by atoms with van der Waals surface area (Å²) in [6, 6.07) is 3.30. The fourth-order valence-electron chi connectivity index (χ4n) is 0.557. The van der Waals surface area contributed by atoms with E-state index in [4.69, 9.17) is 9.52 Å². The van der Waals surface area contributed by atoms with Gasteiger partial charge < -0.3 is 9.52 Å². The number of hydrogen-bond acceptors (Lipinski definition) is 2. The van der Waals surface area contributed by atoms with Crippen LogP contribution in [0.25, 0.3) is 0 Å². The van der Waals surface area contributed by atoms with Gasteiger partial charge in [0.2, 0.25) is 0 Å². The van der Waals surface area contributed by atoms with Gasteiger partial charge in [-0.15, -0.1) is 0 Å². The molecule has 0 bridgehead atoms. The number of furan rings is 1. The Morgan fingerprint density at radius 2 is 2.38 bits per heavy atom. The van der Waals surface area contributed by atoms with Crippen LogP contribution < -0.4 is 0 Å². The van der Waals surface area contributed by atoms with E-state index in [1.807, 2.05) is 6.92 Å². The van der Waals surface area contributed by atoms with Crippen LogP contribution in [0.4, 0.5) is 0 Å². The van der Waals surface area contributed by atoms with Crippen LogP contribution in [0.3, 0.4) is 0 Å². The number of hydrogen-bond donors (Lipinski definition) is 1. The van der Waals surface area contributed by atoms with Crippen LogP contribution in [0.5, 0.6) is 5.95 Å². The van der Waals surface area contributed by atoms with E-state index in [2.05, 4.69) is 0 Å². The van der Waals surface area contributed by atoms with Gasteiger partial charge >= 0.3 is 0 Å². The summed E-state index contributed by atoms with van der Waals surface area (Å²) in [4.78, 5) is 0. The molecule has 44 valence electrons. The van der Waals surface area contributed by atoms with Crippen molar-refractivity contribution >= 4 is 0 Å². The van der Waals surface area contributed by atoms with E-state index in [9.17, 15) is 0 Å². The second-order valence-corrected chi connectivity index (χ2v) is 1.59. The van der Waals surface area contributed by atoms with Crippen molar-refractivity contribution in [1.29, 1.82) is 0 Å². The highest BCUT2D eigenvalue weighted by atomic mass is 16.5. The predicted molar refractivity (Wildman–Crippen MR) is 29.8 cm³/mol. The second-order valence-electron chi connectivity index (χ2n) is 1.59. The maximum absolute atomic E-state index is 8.62. The average molecular weight is 112 g/mol. The summed E-state index contributed by atoms with van der Waals surface area (Å²) in [5.41, 5.74) is 0. The maximum Gasteiger partial charge on any atom is 0.281 e. The monoisotopic (exact) mass is 112 g/mol. The van der Waals surface area contributed by atoms with Crippen LogP contribution in [-0.2, 0) is 6.42 Å². The van der Waals surface area contributed by atoms with Crippen molar-refractivity contribution < 1.29 is 9.52 Å². The smallest absolute Gasteiger partial charge is 0.281 e. The molecular formula is C6H8O2. The van der Waals surface area contributed by atoms with Gasteiger partial charge in [-0.3, -0.25) is 0 Å². The van der Waals surface area contributed by atoms with E-state index >= 15 is 0 Å². The van der Waals surface area contributed by atoms with Gasteiger partial charge in [-0.05, 0) is 6.07 Å². The summed E-state index contributed by atoms with van der Waals surface area (Å²) in [6.45, 7) is 1.97. The normalized spacial score (nSPS) is 9.62. The van der Waals surface area contributed by atoms with E-state index in [-0.39, 0.29) is 5.95 Å². The third-order valence-electron chi connectivity index (χ3n) is 0.996. The summed E-state index contributed by atoms with van der Waals surface area (Å²) >= 11 is 0. The minimum atomic E-state index is 0.00171. The predicted octanol–water partition coefficient (Wildman–Crippen LogP) is 1.55. The Kier molecular flexibility index (Phi) is 1.24. The maximum atomic E-state index is 8.62. The lowest BCUT2D eigenvalue weighted by Crippen LogP contribution is -1.67. The summed E-state index contributed by atoms with van der Waals surface area (Å²) in [7, 11) is 0. The average Bonchev–Trinajstić information content (AvgIpc) is 2.14. The van der Waals surface area contributed by atoms with Gasteiger partial charge in [0.25, 0.3) is 5.95 Å². The number of aryl methyl sites for hydroxylation is 1. The first-order chi connectivity index (χ1) is 3.83.